The lowest BCUT2D eigenvalue weighted by molar-refractivity contribution is 0.872. The van der Waals surface area contributed by atoms with E-state index in [9.17, 15) is 0 Å². The van der Waals surface area contributed by atoms with Crippen LogP contribution in [0.4, 0.5) is 0 Å². The molecule has 1 aliphatic carbocycles. The maximum atomic E-state index is 4.74. The molecule has 4 rings (SSSR count). The molecule has 0 bridgehead atoms. The van der Waals surface area contributed by atoms with Crippen molar-refractivity contribution in [3.8, 4) is 0 Å². The van der Waals surface area contributed by atoms with E-state index < -0.39 is 0 Å². The van der Waals surface area contributed by atoms with Gasteiger partial charge in [0.25, 0.3) is 0 Å². The highest BCUT2D eigenvalue weighted by Crippen LogP contribution is 2.38. The molecule has 92 valence electrons. The molecule has 3 heterocycles. The van der Waals surface area contributed by atoms with E-state index in [-0.39, 0.29) is 0 Å². The predicted molar refractivity (Wildman–Crippen MR) is 74.7 cm³/mol. The van der Waals surface area contributed by atoms with Crippen molar-refractivity contribution in [3.63, 3.8) is 0 Å². The van der Waals surface area contributed by atoms with Crippen molar-refractivity contribution in [1.82, 2.24) is 19.6 Å². The zero-order valence-corrected chi connectivity index (χ0v) is 11.9. The third-order valence-corrected chi connectivity index (χ3v) is 5.34. The first-order valence-electron chi connectivity index (χ1n) is 5.99. The molecule has 6 heteroatoms. The number of hydrogen-bond acceptors (Lipinski definition) is 5. The molecular formula is C12H12N4S2. The Kier molecular flexibility index (Phi) is 2.20. The van der Waals surface area contributed by atoms with Crippen LogP contribution in [-0.2, 0) is 12.8 Å². The van der Waals surface area contributed by atoms with E-state index in [4.69, 9.17) is 4.98 Å². The van der Waals surface area contributed by atoms with Crippen LogP contribution in [0, 0.1) is 6.92 Å². The topological polar surface area (TPSA) is 43.1 Å². The molecule has 18 heavy (non-hydrogen) atoms. The number of aromatic nitrogens is 4. The maximum Gasteiger partial charge on any atom is 0.196 e. The van der Waals surface area contributed by atoms with Gasteiger partial charge in [0.2, 0.25) is 0 Å². The SMILES string of the molecule is CSc1nnc2c3c4c(sc3nc(C)n12)CCC4. The number of rotatable bonds is 1. The second-order valence-corrected chi connectivity index (χ2v) is 6.40. The summed E-state index contributed by atoms with van der Waals surface area (Å²) in [6.07, 6.45) is 5.65. The van der Waals surface area contributed by atoms with E-state index in [1.807, 2.05) is 24.5 Å². The Balaban J connectivity index is 2.22. The van der Waals surface area contributed by atoms with Gasteiger partial charge in [-0.3, -0.25) is 4.40 Å². The highest BCUT2D eigenvalue weighted by molar-refractivity contribution is 7.98. The van der Waals surface area contributed by atoms with Crippen LogP contribution in [-0.4, -0.2) is 25.8 Å². The summed E-state index contributed by atoms with van der Waals surface area (Å²) in [5.41, 5.74) is 2.45. The maximum absolute atomic E-state index is 4.74. The summed E-state index contributed by atoms with van der Waals surface area (Å²) in [6, 6.07) is 0. The molecule has 0 radical (unpaired) electrons. The van der Waals surface area contributed by atoms with Crippen molar-refractivity contribution in [2.45, 2.75) is 31.3 Å². The largest absolute Gasteiger partial charge is 0.257 e. The van der Waals surface area contributed by atoms with E-state index in [0.717, 1.165) is 27.9 Å². The van der Waals surface area contributed by atoms with Crippen molar-refractivity contribution in [1.29, 1.82) is 0 Å². The molecule has 1 aliphatic rings. The van der Waals surface area contributed by atoms with Gasteiger partial charge in [0.05, 0.1) is 5.39 Å². The Morgan fingerprint density at radius 3 is 3.00 bits per heavy atom. The van der Waals surface area contributed by atoms with Crippen LogP contribution in [0.2, 0.25) is 0 Å². The molecule has 3 aromatic rings. The van der Waals surface area contributed by atoms with Crippen molar-refractivity contribution in [2.24, 2.45) is 0 Å². The van der Waals surface area contributed by atoms with Crippen molar-refractivity contribution >= 4 is 39.0 Å². The Bertz CT molecular complexity index is 771. The molecule has 0 amide bonds. The Morgan fingerprint density at radius 1 is 1.28 bits per heavy atom. The summed E-state index contributed by atoms with van der Waals surface area (Å²) in [5.74, 6) is 0.978. The molecule has 4 nitrogen and oxygen atoms in total. The first-order valence-corrected chi connectivity index (χ1v) is 8.03. The van der Waals surface area contributed by atoms with Crippen molar-refractivity contribution < 1.29 is 0 Å². The minimum atomic E-state index is 0.926. The standard InChI is InChI=1S/C12H12N4S2/c1-6-13-11-9(7-4-3-5-8(7)18-11)10-14-15-12(17-2)16(6)10/h3-5H2,1-2H3. The van der Waals surface area contributed by atoms with E-state index >= 15 is 0 Å². The summed E-state index contributed by atoms with van der Waals surface area (Å²) < 4.78 is 2.08. The van der Waals surface area contributed by atoms with Gasteiger partial charge in [0.1, 0.15) is 10.7 Å². The van der Waals surface area contributed by atoms with E-state index in [0.29, 0.717) is 0 Å². The van der Waals surface area contributed by atoms with Gasteiger partial charge in [0, 0.05) is 4.88 Å². The van der Waals surface area contributed by atoms with Gasteiger partial charge in [-0.15, -0.1) is 21.5 Å². The lowest BCUT2D eigenvalue weighted by atomic mass is 10.2. The van der Waals surface area contributed by atoms with Gasteiger partial charge in [-0.25, -0.2) is 4.98 Å². The molecule has 0 aliphatic heterocycles. The van der Waals surface area contributed by atoms with Crippen LogP contribution in [0.3, 0.4) is 0 Å². The number of hydrogen-bond donors (Lipinski definition) is 0. The fourth-order valence-corrected chi connectivity index (χ4v) is 4.58. The first-order chi connectivity index (χ1) is 8.79. The molecule has 0 N–H and O–H groups in total. The highest BCUT2D eigenvalue weighted by atomic mass is 32.2. The number of thiophene rings is 1. The van der Waals surface area contributed by atoms with Crippen molar-refractivity contribution in [2.75, 3.05) is 6.26 Å². The van der Waals surface area contributed by atoms with Crippen LogP contribution in [0.1, 0.15) is 22.7 Å². The summed E-state index contributed by atoms with van der Waals surface area (Å²) in [6.45, 7) is 2.03. The number of fused-ring (bicyclic) bond motifs is 5. The van der Waals surface area contributed by atoms with Gasteiger partial charge in [-0.1, -0.05) is 11.8 Å². The average molecular weight is 276 g/mol. The van der Waals surface area contributed by atoms with E-state index in [2.05, 4.69) is 14.6 Å². The smallest absolute Gasteiger partial charge is 0.196 e. The lowest BCUT2D eigenvalue weighted by Gasteiger charge is -2.02. The van der Waals surface area contributed by atoms with Crippen LogP contribution < -0.4 is 0 Å². The first kappa shape index (κ1) is 10.8. The van der Waals surface area contributed by atoms with Gasteiger partial charge >= 0.3 is 0 Å². The van der Waals surface area contributed by atoms with Gasteiger partial charge in [-0.2, -0.15) is 0 Å². The Morgan fingerprint density at radius 2 is 2.17 bits per heavy atom. The molecular weight excluding hydrogens is 264 g/mol. The summed E-state index contributed by atoms with van der Waals surface area (Å²) in [7, 11) is 0. The molecule has 0 atom stereocenters. The molecule has 0 unspecified atom stereocenters. The minimum Gasteiger partial charge on any atom is -0.257 e. The van der Waals surface area contributed by atoms with Crippen LogP contribution in [0.25, 0.3) is 15.9 Å². The second-order valence-electron chi connectivity index (χ2n) is 4.54. The van der Waals surface area contributed by atoms with Crippen LogP contribution in [0.15, 0.2) is 5.16 Å². The Hall–Kier alpha value is -1.14. The second kappa shape index (κ2) is 3.68. The monoisotopic (exact) mass is 276 g/mol. The third-order valence-electron chi connectivity index (χ3n) is 3.53. The van der Waals surface area contributed by atoms with E-state index in [1.54, 1.807) is 11.8 Å². The van der Waals surface area contributed by atoms with Gasteiger partial charge < -0.3 is 0 Å². The Labute approximate surface area is 112 Å². The molecule has 0 fully saturated rings. The fraction of sp³-hybridized carbons (Fsp3) is 0.417. The molecule has 0 saturated carbocycles. The molecule has 0 spiro atoms. The predicted octanol–water partition coefficient (Wildman–Crippen LogP) is 2.86. The van der Waals surface area contributed by atoms with Gasteiger partial charge in [-0.05, 0) is 38.0 Å². The van der Waals surface area contributed by atoms with Crippen LogP contribution >= 0.6 is 23.1 Å². The zero-order chi connectivity index (χ0) is 12.3. The quantitative estimate of drug-likeness (QED) is 0.641. The average Bonchev–Trinajstić information content (AvgIpc) is 3.00. The fourth-order valence-electron chi connectivity index (χ4n) is 2.75. The van der Waals surface area contributed by atoms with Crippen molar-refractivity contribution in [3.05, 3.63) is 16.3 Å². The van der Waals surface area contributed by atoms with E-state index in [1.165, 1.54) is 28.7 Å². The summed E-state index contributed by atoms with van der Waals surface area (Å²) >= 11 is 3.45. The number of thioether (sulfide) groups is 1. The van der Waals surface area contributed by atoms with Gasteiger partial charge in [0.15, 0.2) is 10.8 Å². The highest BCUT2D eigenvalue weighted by Gasteiger charge is 2.23. The molecule has 0 aromatic carbocycles. The third kappa shape index (κ3) is 1.25. The normalized spacial score (nSPS) is 14.8. The minimum absolute atomic E-state index is 0.926. The van der Waals surface area contributed by atoms with Crippen LogP contribution in [0.5, 0.6) is 0 Å². The zero-order valence-electron chi connectivity index (χ0n) is 10.2. The summed E-state index contributed by atoms with van der Waals surface area (Å²) in [4.78, 5) is 7.36. The lowest BCUT2D eigenvalue weighted by Crippen LogP contribution is -1.97. The molecule has 3 aromatic heterocycles. The number of nitrogens with zero attached hydrogens (tertiary/aromatic N) is 4. The number of aryl methyl sites for hydroxylation is 3. The molecule has 0 saturated heterocycles. The summed E-state index contributed by atoms with van der Waals surface area (Å²) in [5, 5.41) is 10.8.